The Morgan fingerprint density at radius 2 is 1.93 bits per heavy atom. The number of carbonyl (C=O) groups is 2. The molecule has 0 saturated heterocycles. The summed E-state index contributed by atoms with van der Waals surface area (Å²) in [5.41, 5.74) is 4.86. The van der Waals surface area contributed by atoms with E-state index in [1.807, 2.05) is 6.92 Å². The first-order valence-corrected chi connectivity index (χ1v) is 8.76. The molecule has 0 heterocycles. The minimum absolute atomic E-state index is 0.00496. The molecule has 0 aromatic heterocycles. The lowest BCUT2D eigenvalue weighted by Crippen LogP contribution is -2.40. The summed E-state index contributed by atoms with van der Waals surface area (Å²) in [6.07, 6.45) is 2.47. The summed E-state index contributed by atoms with van der Waals surface area (Å²) in [4.78, 5) is 34.3. The second kappa shape index (κ2) is 10.1. The normalized spacial score (nSPS) is 10.4. The lowest BCUT2D eigenvalue weighted by molar-refractivity contribution is -0.384. The number of hydrogen-bond acceptors (Lipinski definition) is 6. The van der Waals surface area contributed by atoms with Gasteiger partial charge in [-0.05, 0) is 42.8 Å². The lowest BCUT2D eigenvalue weighted by Gasteiger charge is -2.11. The SMILES string of the molecule is CCOc1ccc(C(=O)NNC(=O)/C=C/c2ccc(Cl)c([N+](=O)[O-])c2)cc1OC. The number of halogens is 1. The van der Waals surface area contributed by atoms with Crippen LogP contribution in [0, 0.1) is 10.1 Å². The van der Waals surface area contributed by atoms with Gasteiger partial charge in [0.1, 0.15) is 5.02 Å². The molecule has 2 aromatic rings. The highest BCUT2D eigenvalue weighted by molar-refractivity contribution is 6.32. The molecule has 10 heteroatoms. The van der Waals surface area contributed by atoms with Crippen molar-refractivity contribution >= 4 is 35.2 Å². The zero-order valence-corrected chi connectivity index (χ0v) is 16.4. The largest absolute Gasteiger partial charge is 0.493 e. The van der Waals surface area contributed by atoms with Crippen molar-refractivity contribution in [1.29, 1.82) is 0 Å². The van der Waals surface area contributed by atoms with Crippen LogP contribution in [0.15, 0.2) is 42.5 Å². The van der Waals surface area contributed by atoms with E-state index in [0.717, 1.165) is 6.08 Å². The molecule has 0 aliphatic carbocycles. The molecule has 0 saturated carbocycles. The quantitative estimate of drug-likeness (QED) is 0.404. The van der Waals surface area contributed by atoms with Crippen molar-refractivity contribution in [2.45, 2.75) is 6.92 Å². The van der Waals surface area contributed by atoms with Gasteiger partial charge in [0.2, 0.25) is 0 Å². The van der Waals surface area contributed by atoms with Gasteiger partial charge in [0.05, 0.1) is 18.6 Å². The number of nitrogens with zero attached hydrogens (tertiary/aromatic N) is 1. The molecule has 2 rings (SSSR count). The summed E-state index contributed by atoms with van der Waals surface area (Å²) in [6.45, 7) is 2.27. The minimum atomic E-state index is -0.631. The molecule has 2 N–H and O–H groups in total. The number of rotatable bonds is 7. The maximum absolute atomic E-state index is 12.2. The Hall–Kier alpha value is -3.59. The molecule has 0 radical (unpaired) electrons. The van der Waals surface area contributed by atoms with Gasteiger partial charge in [-0.2, -0.15) is 0 Å². The standard InChI is InChI=1S/C19H18ClN3O6/c1-3-29-16-8-6-13(11-17(16)28-2)19(25)22-21-18(24)9-5-12-4-7-14(20)15(10-12)23(26)27/h4-11H,3H2,1-2H3,(H,21,24)(H,22,25)/b9-5+. The second-order valence-corrected chi connectivity index (χ2v) is 5.95. The van der Waals surface area contributed by atoms with Gasteiger partial charge in [-0.3, -0.25) is 30.6 Å². The van der Waals surface area contributed by atoms with E-state index >= 15 is 0 Å². The molecule has 0 aliphatic heterocycles. The fourth-order valence-corrected chi connectivity index (χ4v) is 2.45. The predicted molar refractivity (Wildman–Crippen MR) is 107 cm³/mol. The van der Waals surface area contributed by atoms with Crippen LogP contribution in [0.3, 0.4) is 0 Å². The van der Waals surface area contributed by atoms with E-state index < -0.39 is 16.7 Å². The van der Waals surface area contributed by atoms with Crippen LogP contribution in [-0.2, 0) is 4.79 Å². The molecule has 2 amide bonds. The average Bonchev–Trinajstić information content (AvgIpc) is 2.71. The Balaban J connectivity index is 1.98. The Bertz CT molecular complexity index is 961. The van der Waals surface area contributed by atoms with Crippen LogP contribution in [0.25, 0.3) is 6.08 Å². The summed E-state index contributed by atoms with van der Waals surface area (Å²) >= 11 is 5.74. The molecule has 0 aliphatic rings. The molecule has 9 nitrogen and oxygen atoms in total. The smallest absolute Gasteiger partial charge is 0.288 e. The van der Waals surface area contributed by atoms with Crippen LogP contribution in [0.5, 0.6) is 11.5 Å². The first-order chi connectivity index (χ1) is 13.8. The topological polar surface area (TPSA) is 120 Å². The second-order valence-electron chi connectivity index (χ2n) is 5.54. The third-order valence-electron chi connectivity index (χ3n) is 3.62. The van der Waals surface area contributed by atoms with Crippen LogP contribution in [0.4, 0.5) is 5.69 Å². The summed E-state index contributed by atoms with van der Waals surface area (Å²) in [7, 11) is 1.45. The van der Waals surface area contributed by atoms with Gasteiger partial charge < -0.3 is 9.47 Å². The van der Waals surface area contributed by atoms with E-state index in [0.29, 0.717) is 23.7 Å². The summed E-state index contributed by atoms with van der Waals surface area (Å²) < 4.78 is 10.6. The van der Waals surface area contributed by atoms with Gasteiger partial charge >= 0.3 is 0 Å². The first-order valence-electron chi connectivity index (χ1n) is 8.39. The van der Waals surface area contributed by atoms with Crippen molar-refractivity contribution in [3.63, 3.8) is 0 Å². The highest BCUT2D eigenvalue weighted by Gasteiger charge is 2.13. The van der Waals surface area contributed by atoms with Gasteiger partial charge in [0.15, 0.2) is 11.5 Å². The van der Waals surface area contributed by atoms with Crippen LogP contribution < -0.4 is 20.3 Å². The first kappa shape index (κ1) is 21.7. The Morgan fingerprint density at radius 1 is 1.17 bits per heavy atom. The van der Waals surface area contributed by atoms with Gasteiger partial charge in [0.25, 0.3) is 17.5 Å². The number of carbonyl (C=O) groups excluding carboxylic acids is 2. The maximum Gasteiger partial charge on any atom is 0.288 e. The number of nitro groups is 1. The number of amides is 2. The molecule has 0 unspecified atom stereocenters. The van der Waals surface area contributed by atoms with Crippen molar-refractivity contribution in [3.8, 4) is 11.5 Å². The number of nitro benzene ring substituents is 1. The number of benzene rings is 2. The van der Waals surface area contributed by atoms with Crippen molar-refractivity contribution in [2.75, 3.05) is 13.7 Å². The number of ether oxygens (including phenoxy) is 2. The van der Waals surface area contributed by atoms with Gasteiger partial charge in [-0.15, -0.1) is 0 Å². The summed E-state index contributed by atoms with van der Waals surface area (Å²) in [6, 6.07) is 8.71. The fraction of sp³-hybridized carbons (Fsp3) is 0.158. The summed E-state index contributed by atoms with van der Waals surface area (Å²) in [5.74, 6) is -0.310. The number of methoxy groups -OCH3 is 1. The molecule has 0 bridgehead atoms. The van der Waals surface area contributed by atoms with E-state index in [1.54, 1.807) is 6.07 Å². The molecule has 29 heavy (non-hydrogen) atoms. The van der Waals surface area contributed by atoms with E-state index in [1.165, 1.54) is 43.5 Å². The Kier molecular flexibility index (Phi) is 7.55. The van der Waals surface area contributed by atoms with Crippen molar-refractivity contribution in [2.24, 2.45) is 0 Å². The highest BCUT2D eigenvalue weighted by atomic mass is 35.5. The van der Waals surface area contributed by atoms with Crippen molar-refractivity contribution in [3.05, 3.63) is 68.7 Å². The molecule has 0 spiro atoms. The van der Waals surface area contributed by atoms with E-state index in [-0.39, 0.29) is 16.3 Å². The Morgan fingerprint density at radius 3 is 2.59 bits per heavy atom. The predicted octanol–water partition coefficient (Wildman–Crippen LogP) is 3.13. The fourth-order valence-electron chi connectivity index (χ4n) is 2.26. The minimum Gasteiger partial charge on any atom is -0.493 e. The van der Waals surface area contributed by atoms with Gasteiger partial charge in [0, 0.05) is 17.7 Å². The highest BCUT2D eigenvalue weighted by Crippen LogP contribution is 2.28. The third kappa shape index (κ3) is 5.94. The molecule has 0 fully saturated rings. The van der Waals surface area contributed by atoms with E-state index in [2.05, 4.69) is 10.9 Å². The molecule has 2 aromatic carbocycles. The van der Waals surface area contributed by atoms with Crippen LogP contribution >= 0.6 is 11.6 Å². The van der Waals surface area contributed by atoms with Crippen LogP contribution in [0.2, 0.25) is 5.02 Å². The monoisotopic (exact) mass is 419 g/mol. The van der Waals surface area contributed by atoms with Crippen LogP contribution in [-0.4, -0.2) is 30.5 Å². The third-order valence-corrected chi connectivity index (χ3v) is 3.94. The van der Waals surface area contributed by atoms with Gasteiger partial charge in [-0.25, -0.2) is 0 Å². The molecule has 152 valence electrons. The number of hydrogen-bond donors (Lipinski definition) is 2. The van der Waals surface area contributed by atoms with Gasteiger partial charge in [-0.1, -0.05) is 17.7 Å². The number of hydrazine groups is 1. The van der Waals surface area contributed by atoms with Crippen molar-refractivity contribution < 1.29 is 24.0 Å². The van der Waals surface area contributed by atoms with E-state index in [9.17, 15) is 19.7 Å². The molecular weight excluding hydrogens is 402 g/mol. The average molecular weight is 420 g/mol. The van der Waals surface area contributed by atoms with E-state index in [4.69, 9.17) is 21.1 Å². The summed E-state index contributed by atoms with van der Waals surface area (Å²) in [5, 5.41) is 10.9. The van der Waals surface area contributed by atoms with Crippen molar-refractivity contribution in [1.82, 2.24) is 10.9 Å². The number of nitrogens with one attached hydrogen (secondary N) is 2. The van der Waals surface area contributed by atoms with Crippen LogP contribution in [0.1, 0.15) is 22.8 Å². The molecule has 0 atom stereocenters. The zero-order chi connectivity index (χ0) is 21.4. The maximum atomic E-state index is 12.2. The Labute approximate surface area is 171 Å². The lowest BCUT2D eigenvalue weighted by atomic mass is 10.2. The molecular formula is C19H18ClN3O6. The zero-order valence-electron chi connectivity index (χ0n) is 15.6.